The van der Waals surface area contributed by atoms with E-state index in [1.165, 1.54) is 11.3 Å². The van der Waals surface area contributed by atoms with Crippen LogP contribution in [0.3, 0.4) is 0 Å². The molecule has 2 N–H and O–H groups in total. The zero-order valence-electron chi connectivity index (χ0n) is 10.7. The number of nitrogens with one attached hydrogen (secondary N) is 1. The molecule has 6 heteroatoms. The molecule has 1 aliphatic heterocycles. The maximum Gasteiger partial charge on any atom is 0.303 e. The molecule has 1 aliphatic rings. The molecule has 0 aliphatic carbocycles. The third kappa shape index (κ3) is 2.75. The van der Waals surface area contributed by atoms with Gasteiger partial charge in [-0.15, -0.1) is 11.3 Å². The summed E-state index contributed by atoms with van der Waals surface area (Å²) >= 11 is 1.49. The first-order valence-corrected chi connectivity index (χ1v) is 7.25. The van der Waals surface area contributed by atoms with E-state index in [9.17, 15) is 4.79 Å². The third-order valence-electron chi connectivity index (χ3n) is 3.14. The Morgan fingerprint density at radius 1 is 1.50 bits per heavy atom. The highest BCUT2D eigenvalue weighted by molar-refractivity contribution is 7.13. The number of aliphatic carboxylic acids is 1. The van der Waals surface area contributed by atoms with Gasteiger partial charge in [0, 0.05) is 17.4 Å². The lowest BCUT2D eigenvalue weighted by molar-refractivity contribution is -0.136. The number of anilines is 1. The molecule has 0 saturated carbocycles. The topological polar surface area (TPSA) is 71.5 Å². The first-order valence-electron chi connectivity index (χ1n) is 6.37. The highest BCUT2D eigenvalue weighted by Crippen LogP contribution is 2.34. The molecule has 1 unspecified atom stereocenters. The van der Waals surface area contributed by atoms with Gasteiger partial charge < -0.3 is 15.2 Å². The van der Waals surface area contributed by atoms with Crippen molar-refractivity contribution in [2.24, 2.45) is 0 Å². The Morgan fingerprint density at radius 2 is 2.35 bits per heavy atom. The summed E-state index contributed by atoms with van der Waals surface area (Å²) in [5.41, 5.74) is 1.95. The van der Waals surface area contributed by atoms with Crippen molar-refractivity contribution in [1.29, 1.82) is 0 Å². The smallest absolute Gasteiger partial charge is 0.303 e. The molecule has 1 atom stereocenters. The zero-order valence-corrected chi connectivity index (χ0v) is 11.5. The highest BCUT2D eigenvalue weighted by Gasteiger charge is 2.24. The molecule has 0 radical (unpaired) electrons. The Bertz CT molecular complexity index is 626. The van der Waals surface area contributed by atoms with Gasteiger partial charge in [0.25, 0.3) is 0 Å². The van der Waals surface area contributed by atoms with Crippen molar-refractivity contribution in [1.82, 2.24) is 4.98 Å². The van der Waals surface area contributed by atoms with E-state index >= 15 is 0 Å². The van der Waals surface area contributed by atoms with Crippen LogP contribution in [0.2, 0.25) is 0 Å². The van der Waals surface area contributed by atoms with Crippen molar-refractivity contribution in [3.8, 4) is 5.75 Å². The number of carboxylic acid groups (broad SMARTS) is 1. The first kappa shape index (κ1) is 12.9. The van der Waals surface area contributed by atoms with E-state index in [1.807, 2.05) is 29.6 Å². The van der Waals surface area contributed by atoms with Gasteiger partial charge in [0.2, 0.25) is 0 Å². The summed E-state index contributed by atoms with van der Waals surface area (Å²) in [5.74, 6) is 0.110. The predicted molar refractivity (Wildman–Crippen MR) is 76.4 cm³/mol. The van der Waals surface area contributed by atoms with E-state index in [0.29, 0.717) is 13.0 Å². The molecule has 0 spiro atoms. The van der Waals surface area contributed by atoms with Crippen molar-refractivity contribution < 1.29 is 14.6 Å². The minimum absolute atomic E-state index is 0.102. The standard InChI is InChI=1S/C14H14N2O3S/c17-13(18)6-5-9-8-20-14(15-9)16-11-7-19-12-4-2-1-3-10(11)12/h1-4,8,11H,5-7H2,(H,15,16)(H,17,18). The fraction of sp³-hybridized carbons (Fsp3) is 0.286. The van der Waals surface area contributed by atoms with Crippen molar-refractivity contribution in [2.45, 2.75) is 18.9 Å². The van der Waals surface area contributed by atoms with Crippen LogP contribution in [0.15, 0.2) is 29.6 Å². The predicted octanol–water partition coefficient (Wildman–Crippen LogP) is 2.71. The number of thiazole rings is 1. The maximum atomic E-state index is 10.5. The lowest BCUT2D eigenvalue weighted by Gasteiger charge is -2.09. The van der Waals surface area contributed by atoms with E-state index in [1.54, 1.807) is 0 Å². The highest BCUT2D eigenvalue weighted by atomic mass is 32.1. The number of hydrogen-bond acceptors (Lipinski definition) is 5. The van der Waals surface area contributed by atoms with Crippen molar-refractivity contribution in [2.75, 3.05) is 11.9 Å². The summed E-state index contributed by atoms with van der Waals surface area (Å²) < 4.78 is 5.61. The van der Waals surface area contributed by atoms with Crippen LogP contribution >= 0.6 is 11.3 Å². The Morgan fingerprint density at radius 3 is 3.20 bits per heavy atom. The van der Waals surface area contributed by atoms with Gasteiger partial charge in [-0.05, 0) is 6.07 Å². The number of benzene rings is 1. The van der Waals surface area contributed by atoms with E-state index in [2.05, 4.69) is 10.3 Å². The van der Waals surface area contributed by atoms with Crippen LogP contribution in [0.25, 0.3) is 0 Å². The number of carboxylic acids is 1. The second kappa shape index (κ2) is 5.50. The van der Waals surface area contributed by atoms with Crippen LogP contribution in [0, 0.1) is 0 Å². The minimum Gasteiger partial charge on any atom is -0.491 e. The molecule has 3 rings (SSSR count). The number of aromatic nitrogens is 1. The number of fused-ring (bicyclic) bond motifs is 1. The van der Waals surface area contributed by atoms with Gasteiger partial charge in [-0.1, -0.05) is 18.2 Å². The van der Waals surface area contributed by atoms with Crippen LogP contribution in [0.1, 0.15) is 23.7 Å². The minimum atomic E-state index is -0.800. The van der Waals surface area contributed by atoms with Crippen molar-refractivity contribution in [3.05, 3.63) is 40.9 Å². The van der Waals surface area contributed by atoms with Gasteiger partial charge in [0.05, 0.1) is 18.2 Å². The molecule has 0 bridgehead atoms. The summed E-state index contributed by atoms with van der Waals surface area (Å²) in [6, 6.07) is 8.04. The molecule has 104 valence electrons. The normalized spacial score (nSPS) is 16.5. The fourth-order valence-corrected chi connectivity index (χ4v) is 2.95. The quantitative estimate of drug-likeness (QED) is 0.886. The number of ether oxygens (including phenoxy) is 1. The molecule has 0 fully saturated rings. The molecule has 1 aromatic carbocycles. The number of nitrogens with zero attached hydrogens (tertiary/aromatic N) is 1. The molecular formula is C14H14N2O3S. The maximum absolute atomic E-state index is 10.5. The van der Waals surface area contributed by atoms with Gasteiger partial charge >= 0.3 is 5.97 Å². The number of carbonyl (C=O) groups is 1. The molecule has 1 aromatic heterocycles. The van der Waals surface area contributed by atoms with Crippen LogP contribution in [-0.4, -0.2) is 22.7 Å². The number of hydrogen-bond donors (Lipinski definition) is 2. The summed E-state index contributed by atoms with van der Waals surface area (Å²) in [6.07, 6.45) is 0.573. The molecule has 5 nitrogen and oxygen atoms in total. The third-order valence-corrected chi connectivity index (χ3v) is 3.97. The van der Waals surface area contributed by atoms with E-state index < -0.39 is 5.97 Å². The second-order valence-electron chi connectivity index (χ2n) is 4.58. The molecular weight excluding hydrogens is 276 g/mol. The zero-order chi connectivity index (χ0) is 13.9. The summed E-state index contributed by atoms with van der Waals surface area (Å²) in [7, 11) is 0. The number of rotatable bonds is 5. The van der Waals surface area contributed by atoms with Crippen molar-refractivity contribution >= 4 is 22.4 Å². The van der Waals surface area contributed by atoms with Crippen LogP contribution in [-0.2, 0) is 11.2 Å². The lowest BCUT2D eigenvalue weighted by atomic mass is 10.1. The Hall–Kier alpha value is -2.08. The second-order valence-corrected chi connectivity index (χ2v) is 5.44. The van der Waals surface area contributed by atoms with Crippen LogP contribution in [0.5, 0.6) is 5.75 Å². The fourth-order valence-electron chi connectivity index (χ4n) is 2.15. The van der Waals surface area contributed by atoms with Gasteiger partial charge in [-0.2, -0.15) is 0 Å². The average molecular weight is 290 g/mol. The number of para-hydroxylation sites is 1. The average Bonchev–Trinajstić information content (AvgIpc) is 3.05. The van der Waals surface area contributed by atoms with Gasteiger partial charge in [-0.25, -0.2) is 4.98 Å². The summed E-state index contributed by atoms with van der Waals surface area (Å²) in [6.45, 7) is 0.587. The first-order chi connectivity index (χ1) is 9.72. The Labute approximate surface area is 120 Å². The molecule has 0 amide bonds. The number of aryl methyl sites for hydroxylation is 1. The van der Waals surface area contributed by atoms with Gasteiger partial charge in [0.1, 0.15) is 12.4 Å². The Kier molecular flexibility index (Phi) is 3.56. The SMILES string of the molecule is O=C(O)CCc1csc(NC2COc3ccccc32)n1. The monoisotopic (exact) mass is 290 g/mol. The van der Waals surface area contributed by atoms with Crippen LogP contribution < -0.4 is 10.1 Å². The molecule has 0 saturated heterocycles. The van der Waals surface area contributed by atoms with E-state index in [-0.39, 0.29) is 12.5 Å². The van der Waals surface area contributed by atoms with Crippen molar-refractivity contribution in [3.63, 3.8) is 0 Å². The Balaban J connectivity index is 1.66. The lowest BCUT2D eigenvalue weighted by Crippen LogP contribution is -2.11. The van der Waals surface area contributed by atoms with Gasteiger partial charge in [0.15, 0.2) is 5.13 Å². The molecule has 2 heterocycles. The summed E-state index contributed by atoms with van der Waals surface area (Å²) in [4.78, 5) is 14.9. The van der Waals surface area contributed by atoms with E-state index in [0.717, 1.165) is 22.1 Å². The molecule has 2 aromatic rings. The van der Waals surface area contributed by atoms with E-state index in [4.69, 9.17) is 9.84 Å². The summed E-state index contributed by atoms with van der Waals surface area (Å²) in [5, 5.41) is 14.7. The molecule has 20 heavy (non-hydrogen) atoms. The van der Waals surface area contributed by atoms with Crippen LogP contribution in [0.4, 0.5) is 5.13 Å². The largest absolute Gasteiger partial charge is 0.491 e. The van der Waals surface area contributed by atoms with Gasteiger partial charge in [-0.3, -0.25) is 4.79 Å².